The van der Waals surface area contributed by atoms with Gasteiger partial charge in [0, 0.05) is 11.7 Å². The van der Waals surface area contributed by atoms with Crippen LogP contribution in [0, 0.1) is 0 Å². The molecule has 2 nitrogen and oxygen atoms in total. The van der Waals surface area contributed by atoms with Gasteiger partial charge >= 0.3 is 0 Å². The highest BCUT2D eigenvalue weighted by Gasteiger charge is 2.09. The summed E-state index contributed by atoms with van der Waals surface area (Å²) in [6.07, 6.45) is 15.2. The molecule has 0 amide bonds. The van der Waals surface area contributed by atoms with Gasteiger partial charge in [0.05, 0.1) is 6.61 Å². The topological polar surface area (TPSA) is 32.3 Å². The van der Waals surface area contributed by atoms with Crippen LogP contribution in [0.4, 0.5) is 5.69 Å². The van der Waals surface area contributed by atoms with Gasteiger partial charge in [-0.2, -0.15) is 0 Å². The van der Waals surface area contributed by atoms with Crippen LogP contribution in [0.15, 0.2) is 24.3 Å². The molecule has 0 unspecified atom stereocenters. The van der Waals surface area contributed by atoms with Gasteiger partial charge in [-0.1, -0.05) is 69.9 Å². The van der Waals surface area contributed by atoms with E-state index < -0.39 is 0 Å². The predicted molar refractivity (Wildman–Crippen MR) is 90.6 cm³/mol. The Morgan fingerprint density at radius 2 is 1.24 bits per heavy atom. The number of aliphatic hydroxyl groups excluding tert-OH is 1. The van der Waals surface area contributed by atoms with Gasteiger partial charge in [-0.25, -0.2) is 0 Å². The van der Waals surface area contributed by atoms with Gasteiger partial charge in [0.15, 0.2) is 0 Å². The monoisotopic (exact) mass is 289 g/mol. The van der Waals surface area contributed by atoms with Crippen molar-refractivity contribution >= 4 is 5.69 Å². The molecule has 0 saturated heterocycles. The molecule has 1 aromatic rings. The van der Waals surface area contributed by atoms with Crippen LogP contribution < -0.4 is 5.32 Å². The zero-order valence-electron chi connectivity index (χ0n) is 13.3. The smallest absolute Gasteiger partial charge is 0.0681 e. The SMILES string of the molecule is OCc1ccc(NC2CCCCCCCCCCC2)cc1. The Labute approximate surface area is 130 Å². The predicted octanol–water partition coefficient (Wildman–Crippen LogP) is 5.26. The summed E-state index contributed by atoms with van der Waals surface area (Å²) in [5.74, 6) is 0. The van der Waals surface area contributed by atoms with Gasteiger partial charge in [0.1, 0.15) is 0 Å². The van der Waals surface area contributed by atoms with Crippen LogP contribution in [0.25, 0.3) is 0 Å². The molecule has 0 atom stereocenters. The molecule has 2 rings (SSSR count). The number of aliphatic hydroxyl groups is 1. The zero-order valence-corrected chi connectivity index (χ0v) is 13.3. The molecule has 0 bridgehead atoms. The van der Waals surface area contributed by atoms with E-state index >= 15 is 0 Å². The van der Waals surface area contributed by atoms with Crippen molar-refractivity contribution in [3.8, 4) is 0 Å². The van der Waals surface area contributed by atoms with E-state index in [1.807, 2.05) is 12.1 Å². The van der Waals surface area contributed by atoms with E-state index in [9.17, 15) is 0 Å². The number of hydrogen-bond donors (Lipinski definition) is 2. The maximum atomic E-state index is 9.11. The molecular formula is C19H31NO. The van der Waals surface area contributed by atoms with Crippen LogP contribution in [0.3, 0.4) is 0 Å². The van der Waals surface area contributed by atoms with E-state index in [4.69, 9.17) is 5.11 Å². The number of benzene rings is 1. The molecule has 0 radical (unpaired) electrons. The van der Waals surface area contributed by atoms with Crippen molar-refractivity contribution in [2.45, 2.75) is 83.3 Å². The molecule has 0 aromatic heterocycles. The summed E-state index contributed by atoms with van der Waals surface area (Å²) in [7, 11) is 0. The molecule has 0 heterocycles. The highest BCUT2D eigenvalue weighted by atomic mass is 16.3. The molecule has 0 spiro atoms. The third-order valence-electron chi connectivity index (χ3n) is 4.61. The van der Waals surface area contributed by atoms with Crippen LogP contribution >= 0.6 is 0 Å². The average molecular weight is 289 g/mol. The summed E-state index contributed by atoms with van der Waals surface area (Å²) in [6.45, 7) is 0.129. The van der Waals surface area contributed by atoms with Crippen molar-refractivity contribution in [3.63, 3.8) is 0 Å². The first-order valence-corrected chi connectivity index (χ1v) is 8.85. The first-order valence-electron chi connectivity index (χ1n) is 8.85. The van der Waals surface area contributed by atoms with Crippen LogP contribution in [0.5, 0.6) is 0 Å². The minimum absolute atomic E-state index is 0.129. The van der Waals surface area contributed by atoms with Crippen molar-refractivity contribution in [3.05, 3.63) is 29.8 Å². The fourth-order valence-corrected chi connectivity index (χ4v) is 3.25. The maximum absolute atomic E-state index is 9.11. The Morgan fingerprint density at radius 3 is 1.71 bits per heavy atom. The summed E-state index contributed by atoms with van der Waals surface area (Å²) in [5.41, 5.74) is 2.18. The highest BCUT2D eigenvalue weighted by molar-refractivity contribution is 5.45. The van der Waals surface area contributed by atoms with Gasteiger partial charge in [0.2, 0.25) is 0 Å². The van der Waals surface area contributed by atoms with Gasteiger partial charge < -0.3 is 10.4 Å². The van der Waals surface area contributed by atoms with E-state index in [2.05, 4.69) is 17.4 Å². The summed E-state index contributed by atoms with van der Waals surface area (Å²) < 4.78 is 0. The number of nitrogens with one attached hydrogen (secondary N) is 1. The normalized spacial score (nSPS) is 19.5. The zero-order chi connectivity index (χ0) is 14.8. The Morgan fingerprint density at radius 1 is 0.762 bits per heavy atom. The van der Waals surface area contributed by atoms with Gasteiger partial charge in [-0.05, 0) is 30.5 Å². The lowest BCUT2D eigenvalue weighted by Gasteiger charge is -2.21. The van der Waals surface area contributed by atoms with Gasteiger partial charge in [-0.15, -0.1) is 0 Å². The van der Waals surface area contributed by atoms with Crippen molar-refractivity contribution in [2.24, 2.45) is 0 Å². The standard InChI is InChI=1S/C19H31NO/c21-16-17-12-14-19(15-13-17)20-18-10-8-6-4-2-1-3-5-7-9-11-18/h12-15,18,20-21H,1-11,16H2. The molecule has 1 aliphatic carbocycles. The van der Waals surface area contributed by atoms with E-state index in [-0.39, 0.29) is 6.61 Å². The van der Waals surface area contributed by atoms with Crippen LogP contribution in [0.2, 0.25) is 0 Å². The average Bonchev–Trinajstić information content (AvgIpc) is 2.51. The summed E-state index contributed by atoms with van der Waals surface area (Å²) >= 11 is 0. The second-order valence-electron chi connectivity index (χ2n) is 6.46. The molecule has 118 valence electrons. The minimum Gasteiger partial charge on any atom is -0.392 e. The quantitative estimate of drug-likeness (QED) is 0.795. The van der Waals surface area contributed by atoms with Crippen molar-refractivity contribution in [1.29, 1.82) is 0 Å². The molecule has 0 aliphatic heterocycles. The first kappa shape index (κ1) is 16.4. The molecule has 2 N–H and O–H groups in total. The van der Waals surface area contributed by atoms with Gasteiger partial charge in [0.25, 0.3) is 0 Å². The Kier molecular flexibility index (Phi) is 7.66. The number of rotatable bonds is 3. The summed E-state index contributed by atoms with van der Waals surface area (Å²) in [6, 6.07) is 8.84. The number of anilines is 1. The molecule has 1 saturated carbocycles. The molecule has 2 heteroatoms. The highest BCUT2D eigenvalue weighted by Crippen LogP contribution is 2.20. The van der Waals surface area contributed by atoms with Crippen molar-refractivity contribution in [2.75, 3.05) is 5.32 Å². The van der Waals surface area contributed by atoms with Crippen LogP contribution in [-0.2, 0) is 6.61 Å². The number of hydrogen-bond acceptors (Lipinski definition) is 2. The molecule has 1 aromatic carbocycles. The lowest BCUT2D eigenvalue weighted by atomic mass is 9.97. The minimum atomic E-state index is 0.129. The van der Waals surface area contributed by atoms with Gasteiger partial charge in [-0.3, -0.25) is 0 Å². The lowest BCUT2D eigenvalue weighted by molar-refractivity contribution is 0.282. The summed E-state index contributed by atoms with van der Waals surface area (Å²) in [4.78, 5) is 0. The Hall–Kier alpha value is -1.02. The lowest BCUT2D eigenvalue weighted by Crippen LogP contribution is -2.19. The molecular weight excluding hydrogens is 258 g/mol. The Balaban J connectivity index is 1.84. The fourth-order valence-electron chi connectivity index (χ4n) is 3.25. The molecule has 1 fully saturated rings. The largest absolute Gasteiger partial charge is 0.392 e. The Bertz CT molecular complexity index is 362. The second-order valence-corrected chi connectivity index (χ2v) is 6.46. The molecule has 1 aliphatic rings. The second kappa shape index (κ2) is 9.83. The van der Waals surface area contributed by atoms with E-state index in [0.29, 0.717) is 6.04 Å². The fraction of sp³-hybridized carbons (Fsp3) is 0.684. The summed E-state index contributed by atoms with van der Waals surface area (Å²) in [5, 5.41) is 12.8. The third-order valence-corrected chi connectivity index (χ3v) is 4.61. The third kappa shape index (κ3) is 6.52. The first-order chi connectivity index (χ1) is 10.4. The van der Waals surface area contributed by atoms with E-state index in [0.717, 1.165) is 5.56 Å². The van der Waals surface area contributed by atoms with Crippen molar-refractivity contribution in [1.82, 2.24) is 0 Å². The van der Waals surface area contributed by atoms with Crippen LogP contribution in [-0.4, -0.2) is 11.1 Å². The molecule has 21 heavy (non-hydrogen) atoms. The van der Waals surface area contributed by atoms with Crippen molar-refractivity contribution < 1.29 is 5.11 Å². The van der Waals surface area contributed by atoms with E-state index in [1.54, 1.807) is 0 Å². The van der Waals surface area contributed by atoms with E-state index in [1.165, 1.54) is 76.3 Å². The maximum Gasteiger partial charge on any atom is 0.0681 e. The van der Waals surface area contributed by atoms with Crippen LogP contribution in [0.1, 0.15) is 76.2 Å².